The first kappa shape index (κ1) is 11.7. The maximum Gasteiger partial charge on any atom is 0.336 e. The van der Waals surface area contributed by atoms with E-state index in [0.29, 0.717) is 11.1 Å². The summed E-state index contributed by atoms with van der Waals surface area (Å²) in [4.78, 5) is 11.0. The van der Waals surface area contributed by atoms with E-state index >= 15 is 0 Å². The van der Waals surface area contributed by atoms with E-state index in [1.54, 1.807) is 36.4 Å². The largest absolute Gasteiger partial charge is 0.507 e. The number of rotatable bonds is 1. The number of para-hydroxylation sites is 1. The SMILES string of the molecule is O=C(O)c1ccccc1C#Cc1ccccc1O. The molecule has 88 valence electrons. The minimum Gasteiger partial charge on any atom is -0.507 e. The van der Waals surface area contributed by atoms with Gasteiger partial charge in [-0.3, -0.25) is 0 Å². The molecule has 0 aliphatic rings. The fraction of sp³-hybridized carbons (Fsp3) is 0. The van der Waals surface area contributed by atoms with Gasteiger partial charge < -0.3 is 10.2 Å². The normalized spacial score (nSPS) is 9.33. The summed E-state index contributed by atoms with van der Waals surface area (Å²) in [5.74, 6) is 4.59. The van der Waals surface area contributed by atoms with Crippen molar-refractivity contribution in [2.45, 2.75) is 0 Å². The molecule has 0 aromatic heterocycles. The third-order valence-corrected chi connectivity index (χ3v) is 2.39. The van der Waals surface area contributed by atoms with Crippen LogP contribution in [-0.2, 0) is 0 Å². The minimum absolute atomic E-state index is 0.0813. The number of phenols is 1. The van der Waals surface area contributed by atoms with E-state index < -0.39 is 5.97 Å². The summed E-state index contributed by atoms with van der Waals surface area (Å²) in [6.45, 7) is 0. The monoisotopic (exact) mass is 238 g/mol. The highest BCUT2D eigenvalue weighted by Gasteiger charge is 2.06. The molecule has 0 saturated heterocycles. The summed E-state index contributed by atoms with van der Waals surface area (Å²) in [5.41, 5.74) is 1.05. The van der Waals surface area contributed by atoms with Crippen molar-refractivity contribution < 1.29 is 15.0 Å². The number of hydrogen-bond acceptors (Lipinski definition) is 2. The van der Waals surface area contributed by atoms with E-state index in [9.17, 15) is 9.90 Å². The second kappa shape index (κ2) is 5.07. The number of benzene rings is 2. The van der Waals surface area contributed by atoms with Crippen molar-refractivity contribution in [3.05, 3.63) is 65.2 Å². The van der Waals surface area contributed by atoms with Crippen molar-refractivity contribution in [3.63, 3.8) is 0 Å². The highest BCUT2D eigenvalue weighted by atomic mass is 16.4. The van der Waals surface area contributed by atoms with Gasteiger partial charge in [-0.05, 0) is 24.3 Å². The van der Waals surface area contributed by atoms with E-state index in [1.807, 2.05) is 0 Å². The van der Waals surface area contributed by atoms with Gasteiger partial charge in [0.1, 0.15) is 5.75 Å². The topological polar surface area (TPSA) is 57.5 Å². The van der Waals surface area contributed by atoms with Crippen molar-refractivity contribution in [1.82, 2.24) is 0 Å². The zero-order chi connectivity index (χ0) is 13.0. The van der Waals surface area contributed by atoms with Crippen molar-refractivity contribution in [2.75, 3.05) is 0 Å². The smallest absolute Gasteiger partial charge is 0.336 e. The fourth-order valence-electron chi connectivity index (χ4n) is 1.49. The van der Waals surface area contributed by atoms with Gasteiger partial charge in [-0.25, -0.2) is 4.79 Å². The van der Waals surface area contributed by atoms with Crippen LogP contribution in [0.2, 0.25) is 0 Å². The molecule has 0 aliphatic heterocycles. The number of aromatic hydroxyl groups is 1. The third-order valence-electron chi connectivity index (χ3n) is 2.39. The Morgan fingerprint density at radius 1 is 0.889 bits per heavy atom. The zero-order valence-corrected chi connectivity index (χ0v) is 9.42. The average Bonchev–Trinajstić information content (AvgIpc) is 2.38. The summed E-state index contributed by atoms with van der Waals surface area (Å²) in [6, 6.07) is 13.2. The van der Waals surface area contributed by atoms with Crippen molar-refractivity contribution >= 4 is 5.97 Å². The molecule has 0 radical (unpaired) electrons. The maximum absolute atomic E-state index is 11.0. The van der Waals surface area contributed by atoms with Crippen LogP contribution in [0, 0.1) is 11.8 Å². The Morgan fingerprint density at radius 2 is 1.44 bits per heavy atom. The van der Waals surface area contributed by atoms with Crippen molar-refractivity contribution in [3.8, 4) is 17.6 Å². The van der Waals surface area contributed by atoms with Crippen LogP contribution >= 0.6 is 0 Å². The zero-order valence-electron chi connectivity index (χ0n) is 9.42. The van der Waals surface area contributed by atoms with Gasteiger partial charge in [-0.1, -0.05) is 36.1 Å². The molecule has 18 heavy (non-hydrogen) atoms. The van der Waals surface area contributed by atoms with E-state index in [4.69, 9.17) is 5.11 Å². The van der Waals surface area contributed by atoms with Crippen LogP contribution < -0.4 is 0 Å². The molecular weight excluding hydrogens is 228 g/mol. The number of hydrogen-bond donors (Lipinski definition) is 2. The minimum atomic E-state index is -1.02. The number of aromatic carboxylic acids is 1. The first-order chi connectivity index (χ1) is 8.68. The van der Waals surface area contributed by atoms with Crippen LogP contribution in [0.15, 0.2) is 48.5 Å². The van der Waals surface area contributed by atoms with Crippen LogP contribution in [-0.4, -0.2) is 16.2 Å². The molecule has 0 atom stereocenters. The summed E-state index contributed by atoms with van der Waals surface area (Å²) < 4.78 is 0. The van der Waals surface area contributed by atoms with Gasteiger partial charge in [-0.2, -0.15) is 0 Å². The van der Waals surface area contributed by atoms with E-state index in [-0.39, 0.29) is 11.3 Å². The number of carboxylic acid groups (broad SMARTS) is 1. The van der Waals surface area contributed by atoms with Crippen LogP contribution in [0.25, 0.3) is 0 Å². The molecule has 2 N–H and O–H groups in total. The van der Waals surface area contributed by atoms with Gasteiger partial charge in [-0.15, -0.1) is 0 Å². The van der Waals surface area contributed by atoms with E-state index in [1.165, 1.54) is 12.1 Å². The molecule has 2 rings (SSSR count). The van der Waals surface area contributed by atoms with Crippen LogP contribution in [0.3, 0.4) is 0 Å². The Bertz CT molecular complexity index is 648. The van der Waals surface area contributed by atoms with Gasteiger partial charge in [0.25, 0.3) is 0 Å². The Hall–Kier alpha value is -2.73. The molecule has 0 amide bonds. The Morgan fingerprint density at radius 3 is 2.11 bits per heavy atom. The molecule has 0 fully saturated rings. The Labute approximate surface area is 104 Å². The molecule has 2 aromatic carbocycles. The lowest BCUT2D eigenvalue weighted by molar-refractivity contribution is 0.0696. The lowest BCUT2D eigenvalue weighted by Crippen LogP contribution is -1.99. The molecule has 3 heteroatoms. The van der Waals surface area contributed by atoms with E-state index in [2.05, 4.69) is 11.8 Å². The maximum atomic E-state index is 11.0. The number of phenolic OH excluding ortho intramolecular Hbond substituents is 1. The molecule has 0 saturated carbocycles. The molecular formula is C15H10O3. The Balaban J connectivity index is 2.42. The van der Waals surface area contributed by atoms with Gasteiger partial charge in [0.05, 0.1) is 11.1 Å². The predicted molar refractivity (Wildman–Crippen MR) is 67.5 cm³/mol. The van der Waals surface area contributed by atoms with Crippen LogP contribution in [0.5, 0.6) is 5.75 Å². The molecule has 0 unspecified atom stereocenters. The summed E-state index contributed by atoms with van der Waals surface area (Å²) in [7, 11) is 0. The molecule has 0 aliphatic carbocycles. The second-order valence-corrected chi connectivity index (χ2v) is 3.62. The molecule has 0 heterocycles. The van der Waals surface area contributed by atoms with Crippen molar-refractivity contribution in [1.29, 1.82) is 0 Å². The molecule has 0 spiro atoms. The summed E-state index contributed by atoms with van der Waals surface area (Å²) in [5, 5.41) is 18.5. The second-order valence-electron chi connectivity index (χ2n) is 3.62. The fourth-order valence-corrected chi connectivity index (χ4v) is 1.49. The molecule has 0 bridgehead atoms. The molecule has 2 aromatic rings. The third kappa shape index (κ3) is 2.50. The highest BCUT2D eigenvalue weighted by molar-refractivity contribution is 5.90. The number of carboxylic acids is 1. The van der Waals surface area contributed by atoms with Gasteiger partial charge in [0, 0.05) is 5.56 Å². The Kier molecular flexibility index (Phi) is 3.31. The van der Waals surface area contributed by atoms with Crippen LogP contribution in [0.1, 0.15) is 21.5 Å². The first-order valence-corrected chi connectivity index (χ1v) is 5.31. The van der Waals surface area contributed by atoms with Gasteiger partial charge in [0.2, 0.25) is 0 Å². The predicted octanol–water partition coefficient (Wildman–Crippen LogP) is 2.49. The molecule has 3 nitrogen and oxygen atoms in total. The lowest BCUT2D eigenvalue weighted by atomic mass is 10.1. The standard InChI is InChI=1S/C15H10O3/c16-14-8-4-2-6-12(14)10-9-11-5-1-3-7-13(11)15(17)18/h1-8,16H,(H,17,18). The summed E-state index contributed by atoms with van der Waals surface area (Å²) >= 11 is 0. The number of carbonyl (C=O) groups is 1. The van der Waals surface area contributed by atoms with Crippen LogP contribution in [0.4, 0.5) is 0 Å². The summed E-state index contributed by atoms with van der Waals surface area (Å²) in [6.07, 6.45) is 0. The lowest BCUT2D eigenvalue weighted by Gasteiger charge is -1.98. The van der Waals surface area contributed by atoms with Crippen molar-refractivity contribution in [2.24, 2.45) is 0 Å². The van der Waals surface area contributed by atoms with Gasteiger partial charge in [0.15, 0.2) is 0 Å². The average molecular weight is 238 g/mol. The first-order valence-electron chi connectivity index (χ1n) is 5.31. The quantitative estimate of drug-likeness (QED) is 0.750. The van der Waals surface area contributed by atoms with E-state index in [0.717, 1.165) is 0 Å². The highest BCUT2D eigenvalue weighted by Crippen LogP contribution is 2.14. The van der Waals surface area contributed by atoms with Gasteiger partial charge >= 0.3 is 5.97 Å².